The zero-order valence-electron chi connectivity index (χ0n) is 13.4. The van der Waals surface area contributed by atoms with Gasteiger partial charge < -0.3 is 0 Å². The van der Waals surface area contributed by atoms with Crippen molar-refractivity contribution in [3.63, 3.8) is 0 Å². The van der Waals surface area contributed by atoms with E-state index in [9.17, 15) is 4.79 Å². The van der Waals surface area contributed by atoms with E-state index in [1.165, 1.54) is 0 Å². The van der Waals surface area contributed by atoms with Gasteiger partial charge in [-0.25, -0.2) is 0 Å². The van der Waals surface area contributed by atoms with Crippen LogP contribution in [-0.2, 0) is 0 Å². The molecule has 0 aromatic heterocycles. The van der Waals surface area contributed by atoms with Crippen molar-refractivity contribution in [1.82, 2.24) is 0 Å². The molecule has 0 unspecified atom stereocenters. The number of nitrogens with zero attached hydrogens (tertiary/aromatic N) is 1. The molecular weight excluding hydrogens is 294 g/mol. The molecule has 0 spiro atoms. The van der Waals surface area contributed by atoms with E-state index < -0.39 is 0 Å². The number of carbonyl (C=O) groups is 1. The van der Waals surface area contributed by atoms with E-state index in [4.69, 9.17) is 0 Å². The third kappa shape index (κ3) is 2.33. The summed E-state index contributed by atoms with van der Waals surface area (Å²) in [5.74, 6) is 0.0297. The molecule has 1 amide bonds. The fraction of sp³-hybridized carbons (Fsp3) is 0.0455. The Kier molecular flexibility index (Phi) is 3.51. The number of carbonyl (C=O) groups excluding carboxylic acids is 1. The number of aryl methyl sites for hydroxylation is 1. The summed E-state index contributed by atoms with van der Waals surface area (Å²) < 4.78 is 0. The minimum atomic E-state index is 0.0297. The fourth-order valence-corrected chi connectivity index (χ4v) is 3.15. The molecule has 0 atom stereocenters. The van der Waals surface area contributed by atoms with Gasteiger partial charge >= 0.3 is 0 Å². The zero-order valence-corrected chi connectivity index (χ0v) is 13.4. The van der Waals surface area contributed by atoms with Crippen LogP contribution in [0.25, 0.3) is 11.8 Å². The minimum absolute atomic E-state index is 0.0297. The van der Waals surface area contributed by atoms with E-state index in [2.05, 4.69) is 18.2 Å². The van der Waals surface area contributed by atoms with E-state index in [0.29, 0.717) is 0 Å². The smallest absolute Gasteiger partial charge is 0.263 e. The minimum Gasteiger partial charge on any atom is -0.276 e. The highest BCUT2D eigenvalue weighted by Crippen LogP contribution is 2.39. The lowest BCUT2D eigenvalue weighted by molar-refractivity contribution is 0.101. The maximum Gasteiger partial charge on any atom is 0.263 e. The topological polar surface area (TPSA) is 20.3 Å². The highest BCUT2D eigenvalue weighted by atomic mass is 16.2. The first-order valence-electron chi connectivity index (χ1n) is 8.02. The van der Waals surface area contributed by atoms with E-state index in [1.807, 2.05) is 78.6 Å². The van der Waals surface area contributed by atoms with Crippen molar-refractivity contribution >= 4 is 23.4 Å². The Morgan fingerprint density at radius 3 is 2.12 bits per heavy atom. The van der Waals surface area contributed by atoms with Gasteiger partial charge in [0.05, 0.1) is 11.4 Å². The first-order chi connectivity index (χ1) is 11.8. The third-order valence-corrected chi connectivity index (χ3v) is 4.34. The molecular formula is C22H17NO. The fourth-order valence-electron chi connectivity index (χ4n) is 3.15. The molecule has 4 rings (SSSR count). The lowest BCUT2D eigenvalue weighted by Gasteiger charge is -2.21. The molecule has 0 N–H and O–H groups in total. The Morgan fingerprint density at radius 2 is 1.38 bits per heavy atom. The molecule has 0 bridgehead atoms. The Labute approximate surface area is 141 Å². The Hall–Kier alpha value is -3.13. The highest BCUT2D eigenvalue weighted by molar-refractivity contribution is 6.24. The average molecular weight is 311 g/mol. The SMILES string of the molecule is Cc1ccccc1N1C(=O)c2ccccc2C1=Cc1ccccc1. The number of benzene rings is 3. The standard InChI is InChI=1S/C22H17NO/c1-16-9-5-8-14-20(16)23-21(15-17-10-3-2-4-11-17)18-12-6-7-13-19(18)22(23)24/h2-15H,1H3. The first-order valence-corrected chi connectivity index (χ1v) is 8.02. The summed E-state index contributed by atoms with van der Waals surface area (Å²) in [7, 11) is 0. The number of fused-ring (bicyclic) bond motifs is 1. The number of anilines is 1. The van der Waals surface area contributed by atoms with E-state index >= 15 is 0 Å². The second kappa shape index (κ2) is 5.82. The number of para-hydroxylation sites is 1. The molecule has 2 nitrogen and oxygen atoms in total. The maximum absolute atomic E-state index is 13.0. The van der Waals surface area contributed by atoms with Crippen LogP contribution in [-0.4, -0.2) is 5.91 Å². The van der Waals surface area contributed by atoms with Crippen LogP contribution in [0.1, 0.15) is 27.0 Å². The summed E-state index contributed by atoms with van der Waals surface area (Å²) in [6.45, 7) is 2.03. The molecule has 0 aliphatic carbocycles. The van der Waals surface area contributed by atoms with Gasteiger partial charge in [0.15, 0.2) is 0 Å². The van der Waals surface area contributed by atoms with Crippen LogP contribution in [0.5, 0.6) is 0 Å². The van der Waals surface area contributed by atoms with Crippen molar-refractivity contribution < 1.29 is 4.79 Å². The summed E-state index contributed by atoms with van der Waals surface area (Å²) in [4.78, 5) is 14.9. The molecule has 1 aliphatic heterocycles. The molecule has 2 heteroatoms. The predicted molar refractivity (Wildman–Crippen MR) is 98.7 cm³/mol. The van der Waals surface area contributed by atoms with E-state index in [1.54, 1.807) is 0 Å². The van der Waals surface area contributed by atoms with Gasteiger partial charge in [0.2, 0.25) is 0 Å². The molecule has 1 heterocycles. The zero-order chi connectivity index (χ0) is 16.5. The van der Waals surface area contributed by atoms with Crippen molar-refractivity contribution in [1.29, 1.82) is 0 Å². The molecule has 0 radical (unpaired) electrons. The highest BCUT2D eigenvalue weighted by Gasteiger charge is 2.33. The van der Waals surface area contributed by atoms with Gasteiger partial charge in [0.25, 0.3) is 5.91 Å². The molecule has 3 aromatic carbocycles. The summed E-state index contributed by atoms with van der Waals surface area (Å²) in [5.41, 5.74) is 5.75. The van der Waals surface area contributed by atoms with Crippen LogP contribution in [0.2, 0.25) is 0 Å². The number of rotatable bonds is 2. The van der Waals surface area contributed by atoms with Crippen LogP contribution in [0.4, 0.5) is 5.69 Å². The Morgan fingerprint density at radius 1 is 0.750 bits per heavy atom. The average Bonchev–Trinajstić information content (AvgIpc) is 2.89. The van der Waals surface area contributed by atoms with Gasteiger partial charge in [-0.2, -0.15) is 0 Å². The normalized spacial score (nSPS) is 15.0. The molecule has 0 fully saturated rings. The van der Waals surface area contributed by atoms with Crippen LogP contribution >= 0.6 is 0 Å². The van der Waals surface area contributed by atoms with Crippen LogP contribution in [0, 0.1) is 6.92 Å². The first kappa shape index (κ1) is 14.5. The van der Waals surface area contributed by atoms with Crippen LogP contribution in [0.15, 0.2) is 78.9 Å². The quantitative estimate of drug-likeness (QED) is 0.640. The van der Waals surface area contributed by atoms with Crippen molar-refractivity contribution in [3.05, 3.63) is 101 Å². The lowest BCUT2D eigenvalue weighted by Crippen LogP contribution is -2.23. The molecule has 116 valence electrons. The van der Waals surface area contributed by atoms with Crippen molar-refractivity contribution in [2.24, 2.45) is 0 Å². The van der Waals surface area contributed by atoms with Gasteiger partial charge in [0, 0.05) is 11.1 Å². The summed E-state index contributed by atoms with van der Waals surface area (Å²) in [6, 6.07) is 25.9. The van der Waals surface area contributed by atoms with Crippen molar-refractivity contribution in [2.45, 2.75) is 6.92 Å². The molecule has 24 heavy (non-hydrogen) atoms. The molecule has 0 saturated heterocycles. The van der Waals surface area contributed by atoms with Crippen molar-refractivity contribution in [2.75, 3.05) is 4.90 Å². The molecule has 1 aliphatic rings. The number of hydrogen-bond acceptors (Lipinski definition) is 1. The lowest BCUT2D eigenvalue weighted by atomic mass is 10.1. The molecule has 3 aromatic rings. The monoisotopic (exact) mass is 311 g/mol. The van der Waals surface area contributed by atoms with Crippen LogP contribution < -0.4 is 4.90 Å². The number of hydrogen-bond donors (Lipinski definition) is 0. The third-order valence-electron chi connectivity index (χ3n) is 4.34. The summed E-state index contributed by atoms with van der Waals surface area (Å²) >= 11 is 0. The van der Waals surface area contributed by atoms with E-state index in [-0.39, 0.29) is 5.91 Å². The second-order valence-electron chi connectivity index (χ2n) is 5.91. The maximum atomic E-state index is 13.0. The van der Waals surface area contributed by atoms with Gasteiger partial charge in [0.1, 0.15) is 0 Å². The van der Waals surface area contributed by atoms with Gasteiger partial charge in [-0.15, -0.1) is 0 Å². The van der Waals surface area contributed by atoms with Gasteiger partial charge in [-0.05, 0) is 36.3 Å². The van der Waals surface area contributed by atoms with Crippen molar-refractivity contribution in [3.8, 4) is 0 Å². The van der Waals surface area contributed by atoms with Gasteiger partial charge in [-0.1, -0.05) is 66.7 Å². The number of amides is 1. The second-order valence-corrected chi connectivity index (χ2v) is 5.91. The largest absolute Gasteiger partial charge is 0.276 e. The summed E-state index contributed by atoms with van der Waals surface area (Å²) in [5, 5.41) is 0. The van der Waals surface area contributed by atoms with E-state index in [0.717, 1.165) is 33.6 Å². The predicted octanol–water partition coefficient (Wildman–Crippen LogP) is 5.15. The Bertz CT molecular complexity index is 941. The Balaban J connectivity index is 1.94. The van der Waals surface area contributed by atoms with Crippen LogP contribution in [0.3, 0.4) is 0 Å². The molecule has 0 saturated carbocycles. The summed E-state index contributed by atoms with van der Waals surface area (Å²) in [6.07, 6.45) is 2.08. The van der Waals surface area contributed by atoms with Gasteiger partial charge in [-0.3, -0.25) is 9.69 Å².